The standard InChI is InChI=1S/C12H16N4O2/c13-11(14)9-2-1-3-10(8-9)15-12(17)16-4-6-18-7-5-16/h1-3,8H,4-7H2,(H3,13,14)(H,15,17). The van der Waals surface area contributed by atoms with E-state index < -0.39 is 0 Å². The number of carbonyl (C=O) groups is 1. The van der Waals surface area contributed by atoms with Gasteiger partial charge in [0.05, 0.1) is 13.2 Å². The second kappa shape index (κ2) is 5.50. The van der Waals surface area contributed by atoms with Crippen molar-refractivity contribution in [1.82, 2.24) is 4.90 Å². The quantitative estimate of drug-likeness (QED) is 0.535. The van der Waals surface area contributed by atoms with Crippen molar-refractivity contribution in [1.29, 1.82) is 5.41 Å². The number of carbonyl (C=O) groups excluding carboxylic acids is 1. The molecule has 0 bridgehead atoms. The summed E-state index contributed by atoms with van der Waals surface area (Å²) in [7, 11) is 0. The molecule has 0 aromatic heterocycles. The fourth-order valence-electron chi connectivity index (χ4n) is 1.73. The number of nitrogens with one attached hydrogen (secondary N) is 2. The van der Waals surface area contributed by atoms with E-state index in [1.165, 1.54) is 0 Å². The molecule has 1 saturated heterocycles. The topological polar surface area (TPSA) is 91.4 Å². The van der Waals surface area contributed by atoms with Gasteiger partial charge >= 0.3 is 6.03 Å². The van der Waals surface area contributed by atoms with E-state index in [1.54, 1.807) is 29.2 Å². The minimum Gasteiger partial charge on any atom is -0.384 e. The molecule has 1 fully saturated rings. The first-order chi connectivity index (χ1) is 8.66. The summed E-state index contributed by atoms with van der Waals surface area (Å²) in [5.74, 6) is -0.0162. The van der Waals surface area contributed by atoms with Crippen LogP contribution in [0.15, 0.2) is 24.3 Å². The minimum absolute atomic E-state index is 0.0162. The monoisotopic (exact) mass is 248 g/mol. The van der Waals surface area contributed by atoms with E-state index in [9.17, 15) is 4.79 Å². The first kappa shape index (κ1) is 12.4. The van der Waals surface area contributed by atoms with Gasteiger partial charge in [-0.05, 0) is 12.1 Å². The molecule has 0 radical (unpaired) electrons. The Labute approximate surface area is 105 Å². The van der Waals surface area contributed by atoms with Crippen molar-refractivity contribution in [2.45, 2.75) is 0 Å². The maximum atomic E-state index is 11.9. The summed E-state index contributed by atoms with van der Waals surface area (Å²) in [6.07, 6.45) is 0. The van der Waals surface area contributed by atoms with Crippen LogP contribution in [-0.4, -0.2) is 43.1 Å². The number of hydrogen-bond acceptors (Lipinski definition) is 3. The molecule has 1 aromatic rings. The highest BCUT2D eigenvalue weighted by Gasteiger charge is 2.16. The van der Waals surface area contributed by atoms with E-state index >= 15 is 0 Å². The maximum Gasteiger partial charge on any atom is 0.321 e. The number of benzene rings is 1. The summed E-state index contributed by atoms with van der Waals surface area (Å²) >= 11 is 0. The Morgan fingerprint density at radius 2 is 2.11 bits per heavy atom. The van der Waals surface area contributed by atoms with E-state index in [0.29, 0.717) is 37.6 Å². The number of morpholine rings is 1. The highest BCUT2D eigenvalue weighted by molar-refractivity contribution is 5.97. The number of urea groups is 1. The third kappa shape index (κ3) is 2.98. The number of amidine groups is 1. The minimum atomic E-state index is -0.154. The van der Waals surface area contributed by atoms with E-state index in [-0.39, 0.29) is 11.9 Å². The lowest BCUT2D eigenvalue weighted by atomic mass is 10.2. The zero-order valence-electron chi connectivity index (χ0n) is 9.98. The van der Waals surface area contributed by atoms with Crippen LogP contribution in [0.3, 0.4) is 0 Å². The van der Waals surface area contributed by atoms with Gasteiger partial charge in [-0.2, -0.15) is 0 Å². The zero-order chi connectivity index (χ0) is 13.0. The van der Waals surface area contributed by atoms with E-state index in [1.807, 2.05) is 0 Å². The van der Waals surface area contributed by atoms with Crippen molar-refractivity contribution < 1.29 is 9.53 Å². The average molecular weight is 248 g/mol. The third-order valence-corrected chi connectivity index (χ3v) is 2.72. The molecule has 0 spiro atoms. The molecular formula is C12H16N4O2. The SMILES string of the molecule is N=C(N)c1cccc(NC(=O)N2CCOCC2)c1. The van der Waals surface area contributed by atoms with E-state index in [0.717, 1.165) is 0 Å². The Bertz CT molecular complexity index is 455. The Morgan fingerprint density at radius 1 is 1.39 bits per heavy atom. The number of nitrogens with zero attached hydrogens (tertiary/aromatic N) is 1. The predicted molar refractivity (Wildman–Crippen MR) is 68.9 cm³/mol. The molecule has 1 aromatic carbocycles. The molecule has 0 atom stereocenters. The smallest absolute Gasteiger partial charge is 0.321 e. The van der Waals surface area contributed by atoms with Gasteiger partial charge in [0.25, 0.3) is 0 Å². The van der Waals surface area contributed by atoms with Crippen LogP contribution in [-0.2, 0) is 4.74 Å². The van der Waals surface area contributed by atoms with Gasteiger partial charge in [0.2, 0.25) is 0 Å². The summed E-state index contributed by atoms with van der Waals surface area (Å²) in [4.78, 5) is 13.6. The fraction of sp³-hybridized carbons (Fsp3) is 0.333. The van der Waals surface area contributed by atoms with Crippen LogP contribution in [0.2, 0.25) is 0 Å². The molecule has 1 aliphatic rings. The van der Waals surface area contributed by atoms with Gasteiger partial charge in [0, 0.05) is 24.3 Å². The summed E-state index contributed by atoms with van der Waals surface area (Å²) in [5.41, 5.74) is 6.63. The lowest BCUT2D eigenvalue weighted by molar-refractivity contribution is 0.0564. The molecule has 18 heavy (non-hydrogen) atoms. The number of amides is 2. The fourth-order valence-corrected chi connectivity index (χ4v) is 1.73. The molecular weight excluding hydrogens is 232 g/mol. The van der Waals surface area contributed by atoms with Gasteiger partial charge in [-0.3, -0.25) is 5.41 Å². The second-order valence-corrected chi connectivity index (χ2v) is 4.02. The number of hydrogen-bond donors (Lipinski definition) is 3. The van der Waals surface area contributed by atoms with Crippen molar-refractivity contribution in [2.24, 2.45) is 5.73 Å². The largest absolute Gasteiger partial charge is 0.384 e. The van der Waals surface area contributed by atoms with Crippen molar-refractivity contribution in [3.8, 4) is 0 Å². The Balaban J connectivity index is 2.02. The van der Waals surface area contributed by atoms with Crippen molar-refractivity contribution >= 4 is 17.6 Å². The van der Waals surface area contributed by atoms with Gasteiger partial charge in [0.1, 0.15) is 5.84 Å². The Hall–Kier alpha value is -2.08. The summed E-state index contributed by atoms with van der Waals surface area (Å²) in [6.45, 7) is 2.33. The molecule has 0 unspecified atom stereocenters. The number of nitrogens with two attached hydrogens (primary N) is 1. The summed E-state index contributed by atoms with van der Waals surface area (Å²) in [5, 5.41) is 10.1. The lowest BCUT2D eigenvalue weighted by Gasteiger charge is -2.26. The molecule has 6 nitrogen and oxygen atoms in total. The van der Waals surface area contributed by atoms with Crippen LogP contribution in [0.5, 0.6) is 0 Å². The maximum absolute atomic E-state index is 11.9. The number of ether oxygens (including phenoxy) is 1. The van der Waals surface area contributed by atoms with Crippen LogP contribution in [0, 0.1) is 5.41 Å². The molecule has 0 saturated carbocycles. The van der Waals surface area contributed by atoms with Crippen LogP contribution in [0.4, 0.5) is 10.5 Å². The van der Waals surface area contributed by atoms with E-state index in [4.69, 9.17) is 15.9 Å². The van der Waals surface area contributed by atoms with Gasteiger partial charge in [-0.1, -0.05) is 12.1 Å². The van der Waals surface area contributed by atoms with E-state index in [2.05, 4.69) is 5.32 Å². The Morgan fingerprint density at radius 3 is 2.78 bits per heavy atom. The summed E-state index contributed by atoms with van der Waals surface area (Å²) in [6, 6.07) is 6.78. The van der Waals surface area contributed by atoms with Gasteiger partial charge in [0.15, 0.2) is 0 Å². The van der Waals surface area contributed by atoms with Crippen LogP contribution in [0.1, 0.15) is 5.56 Å². The molecule has 0 aliphatic carbocycles. The van der Waals surface area contributed by atoms with Crippen molar-refractivity contribution in [3.63, 3.8) is 0 Å². The number of nitrogen functional groups attached to an aromatic ring is 1. The highest BCUT2D eigenvalue weighted by Crippen LogP contribution is 2.11. The Kier molecular flexibility index (Phi) is 3.78. The highest BCUT2D eigenvalue weighted by atomic mass is 16.5. The van der Waals surface area contributed by atoms with Crippen LogP contribution in [0.25, 0.3) is 0 Å². The average Bonchev–Trinajstić information content (AvgIpc) is 2.40. The molecule has 96 valence electrons. The lowest BCUT2D eigenvalue weighted by Crippen LogP contribution is -2.43. The molecule has 1 heterocycles. The predicted octanol–water partition coefficient (Wildman–Crippen LogP) is 0.835. The number of anilines is 1. The molecule has 2 rings (SSSR count). The van der Waals surface area contributed by atoms with Gasteiger partial charge in [-0.15, -0.1) is 0 Å². The third-order valence-electron chi connectivity index (χ3n) is 2.72. The van der Waals surface area contributed by atoms with Gasteiger partial charge < -0.3 is 20.7 Å². The van der Waals surface area contributed by atoms with Crippen molar-refractivity contribution in [3.05, 3.63) is 29.8 Å². The zero-order valence-corrected chi connectivity index (χ0v) is 9.98. The molecule has 4 N–H and O–H groups in total. The second-order valence-electron chi connectivity index (χ2n) is 4.02. The first-order valence-electron chi connectivity index (χ1n) is 5.75. The molecule has 2 amide bonds. The molecule has 1 aliphatic heterocycles. The normalized spacial score (nSPS) is 15.2. The van der Waals surface area contributed by atoms with Crippen LogP contribution < -0.4 is 11.1 Å². The first-order valence-corrected chi connectivity index (χ1v) is 5.75. The van der Waals surface area contributed by atoms with Crippen molar-refractivity contribution in [2.75, 3.05) is 31.6 Å². The van der Waals surface area contributed by atoms with Crippen LogP contribution >= 0.6 is 0 Å². The molecule has 6 heteroatoms. The summed E-state index contributed by atoms with van der Waals surface area (Å²) < 4.78 is 5.18. The number of rotatable bonds is 2. The van der Waals surface area contributed by atoms with Gasteiger partial charge in [-0.25, -0.2) is 4.79 Å².